The van der Waals surface area contributed by atoms with E-state index in [1.54, 1.807) is 30.3 Å². The third-order valence-electron chi connectivity index (χ3n) is 10.4. The predicted octanol–water partition coefficient (Wildman–Crippen LogP) is 5.67. The lowest BCUT2D eigenvalue weighted by Gasteiger charge is -2.51. The molecule has 2 heterocycles. The number of anilines is 1. The average molecular weight is 653 g/mol. The van der Waals surface area contributed by atoms with Crippen molar-refractivity contribution in [3.05, 3.63) is 107 Å². The molecule has 4 amide bonds. The normalized spacial score (nSPS) is 28.6. The zero-order valence-electron chi connectivity index (χ0n) is 26.6. The number of benzene rings is 3. The first-order valence-electron chi connectivity index (χ1n) is 16.1. The van der Waals surface area contributed by atoms with E-state index in [1.165, 1.54) is 9.80 Å². The van der Waals surface area contributed by atoms with Gasteiger partial charge in [-0.1, -0.05) is 77.8 Å². The highest BCUT2D eigenvalue weighted by Crippen LogP contribution is 2.65. The molecule has 9 heteroatoms. The van der Waals surface area contributed by atoms with E-state index in [4.69, 9.17) is 16.3 Å². The van der Waals surface area contributed by atoms with Gasteiger partial charge >= 0.3 is 0 Å². The van der Waals surface area contributed by atoms with Crippen molar-refractivity contribution in [3.8, 4) is 5.75 Å². The van der Waals surface area contributed by atoms with Crippen molar-refractivity contribution in [1.29, 1.82) is 0 Å². The summed E-state index contributed by atoms with van der Waals surface area (Å²) in [6.45, 7) is 5.40. The number of ether oxygens (including phenoxy) is 1. The van der Waals surface area contributed by atoms with Crippen LogP contribution in [0.3, 0.4) is 0 Å². The summed E-state index contributed by atoms with van der Waals surface area (Å²) in [4.78, 5) is 60.8. The van der Waals surface area contributed by atoms with Crippen LogP contribution in [0.2, 0.25) is 5.02 Å². The molecular weight excluding hydrogens is 616 g/mol. The van der Waals surface area contributed by atoms with E-state index < -0.39 is 40.5 Å². The van der Waals surface area contributed by atoms with Crippen molar-refractivity contribution < 1.29 is 29.0 Å². The fraction of sp³-hybridized carbons (Fsp3) is 0.368. The van der Waals surface area contributed by atoms with Gasteiger partial charge in [0.15, 0.2) is 0 Å². The third kappa shape index (κ3) is 4.59. The Morgan fingerprint density at radius 2 is 1.62 bits per heavy atom. The van der Waals surface area contributed by atoms with Gasteiger partial charge in [-0.2, -0.15) is 0 Å². The Balaban J connectivity index is 1.50. The van der Waals surface area contributed by atoms with Gasteiger partial charge in [-0.05, 0) is 69.4 Å². The van der Waals surface area contributed by atoms with Crippen LogP contribution >= 0.6 is 11.6 Å². The number of fused-ring (bicyclic) bond motifs is 4. The number of carbonyl (C=O) groups is 4. The van der Waals surface area contributed by atoms with E-state index in [0.29, 0.717) is 34.0 Å². The van der Waals surface area contributed by atoms with E-state index in [2.05, 4.69) is 0 Å². The van der Waals surface area contributed by atoms with Gasteiger partial charge in [0.25, 0.3) is 0 Å². The maximum atomic E-state index is 15.3. The molecule has 7 rings (SSSR count). The largest absolute Gasteiger partial charge is 0.491 e. The number of hydrogen-bond acceptors (Lipinski definition) is 6. The van der Waals surface area contributed by atoms with Gasteiger partial charge in [-0.25, -0.2) is 4.90 Å². The van der Waals surface area contributed by atoms with E-state index in [-0.39, 0.29) is 43.3 Å². The minimum atomic E-state index is -1.40. The maximum Gasteiger partial charge on any atom is 0.246 e. The highest BCUT2D eigenvalue weighted by atomic mass is 35.5. The van der Waals surface area contributed by atoms with Crippen molar-refractivity contribution in [2.75, 3.05) is 18.1 Å². The van der Waals surface area contributed by atoms with E-state index in [1.807, 2.05) is 75.4 Å². The second-order valence-electron chi connectivity index (χ2n) is 13.9. The van der Waals surface area contributed by atoms with Crippen LogP contribution in [0, 0.1) is 23.7 Å². The molecule has 8 nitrogen and oxygen atoms in total. The maximum absolute atomic E-state index is 15.3. The standard InChI is InChI=1S/C38H37ClN2O6/c1-37(2,3)41-33(43)27-17-16-25-28(31(27)35(41)45)21-29-34(44)40(24-13-9-12-23(39)20-24)36(46)38(29,22-10-5-4-6-11-22)32(25)26-14-7-8-15-30(26)47-19-18-42/h4-16,20,27-29,31-32,42H,17-19,21H2,1-3H3/t27-,28+,29-,31-,32+,38+/m0/s1. The number of aliphatic hydroxyl groups is 1. The van der Waals surface area contributed by atoms with Crippen molar-refractivity contribution in [3.63, 3.8) is 0 Å². The highest BCUT2D eigenvalue weighted by molar-refractivity contribution is 6.32. The van der Waals surface area contributed by atoms with Gasteiger partial charge in [0.2, 0.25) is 23.6 Å². The Kier molecular flexibility index (Phi) is 7.64. The molecule has 47 heavy (non-hydrogen) atoms. The number of hydrogen-bond donors (Lipinski definition) is 1. The second kappa shape index (κ2) is 11.5. The minimum Gasteiger partial charge on any atom is -0.491 e. The number of para-hydroxylation sites is 1. The third-order valence-corrected chi connectivity index (χ3v) is 10.7. The molecule has 2 aliphatic heterocycles. The number of imide groups is 2. The summed E-state index contributed by atoms with van der Waals surface area (Å²) >= 11 is 6.39. The van der Waals surface area contributed by atoms with Crippen LogP contribution in [0.25, 0.3) is 0 Å². The lowest BCUT2D eigenvalue weighted by Crippen LogP contribution is -2.53. The Morgan fingerprint density at radius 3 is 2.32 bits per heavy atom. The number of nitrogens with zero attached hydrogens (tertiary/aromatic N) is 2. The fourth-order valence-corrected chi connectivity index (χ4v) is 8.94. The quantitative estimate of drug-likeness (QED) is 0.272. The molecule has 3 aromatic carbocycles. The number of likely N-dealkylation sites (tertiary alicyclic amines) is 1. The molecule has 1 N–H and O–H groups in total. The van der Waals surface area contributed by atoms with Crippen LogP contribution in [0.1, 0.15) is 50.7 Å². The number of rotatable bonds is 6. The highest BCUT2D eigenvalue weighted by Gasteiger charge is 2.70. The molecule has 2 aliphatic carbocycles. The number of halogens is 1. The molecule has 6 atom stereocenters. The average Bonchev–Trinajstić information content (AvgIpc) is 3.45. The van der Waals surface area contributed by atoms with Crippen molar-refractivity contribution in [1.82, 2.24) is 4.90 Å². The first-order chi connectivity index (χ1) is 22.5. The lowest BCUT2D eigenvalue weighted by atomic mass is 9.49. The van der Waals surface area contributed by atoms with Gasteiger partial charge in [0.1, 0.15) is 12.4 Å². The van der Waals surface area contributed by atoms with Crippen LogP contribution < -0.4 is 9.64 Å². The zero-order valence-corrected chi connectivity index (χ0v) is 27.3. The van der Waals surface area contributed by atoms with Crippen LogP contribution in [-0.4, -0.2) is 52.4 Å². The van der Waals surface area contributed by atoms with Gasteiger partial charge in [0.05, 0.1) is 35.5 Å². The molecule has 0 unspecified atom stereocenters. The Labute approximate surface area is 279 Å². The van der Waals surface area contributed by atoms with Crippen LogP contribution in [0.5, 0.6) is 5.75 Å². The summed E-state index contributed by atoms with van der Waals surface area (Å²) in [6, 6.07) is 23.5. The monoisotopic (exact) mass is 652 g/mol. The number of amides is 4. The predicted molar refractivity (Wildman–Crippen MR) is 177 cm³/mol. The minimum absolute atomic E-state index is 0.0354. The van der Waals surface area contributed by atoms with Crippen LogP contribution in [0.4, 0.5) is 5.69 Å². The van der Waals surface area contributed by atoms with Crippen molar-refractivity contribution >= 4 is 40.9 Å². The molecular formula is C38H37ClN2O6. The molecule has 0 radical (unpaired) electrons. The smallest absolute Gasteiger partial charge is 0.246 e. The molecule has 0 spiro atoms. The van der Waals surface area contributed by atoms with Gasteiger partial charge in [-0.3, -0.25) is 24.1 Å². The Morgan fingerprint density at radius 1 is 0.894 bits per heavy atom. The van der Waals surface area contributed by atoms with E-state index >= 15 is 4.79 Å². The number of aliphatic hydroxyl groups excluding tert-OH is 1. The SMILES string of the molecule is CC(C)(C)N1C(=O)[C@H]2[C@H](CC=C3[C@H]2C[C@H]2C(=O)N(c4cccc(Cl)c4)C(=O)[C@@]2(c2ccccc2)[C@H]3c2ccccc2OCCO)C1=O. The first kappa shape index (κ1) is 31.3. The van der Waals surface area contributed by atoms with E-state index in [9.17, 15) is 19.5 Å². The summed E-state index contributed by atoms with van der Waals surface area (Å²) < 4.78 is 6.09. The summed E-state index contributed by atoms with van der Waals surface area (Å²) in [5.74, 6) is -3.94. The van der Waals surface area contributed by atoms with Gasteiger partial charge < -0.3 is 9.84 Å². The van der Waals surface area contributed by atoms with Gasteiger partial charge in [0, 0.05) is 22.0 Å². The summed E-state index contributed by atoms with van der Waals surface area (Å²) in [5.41, 5.74) is 0.494. The first-order valence-corrected chi connectivity index (χ1v) is 16.5. The molecule has 4 aliphatic rings. The molecule has 3 fully saturated rings. The van der Waals surface area contributed by atoms with Crippen molar-refractivity contribution in [2.45, 2.75) is 50.5 Å². The number of carbonyl (C=O) groups excluding carboxylic acids is 4. The molecule has 0 aromatic heterocycles. The molecule has 242 valence electrons. The molecule has 2 saturated heterocycles. The second-order valence-corrected chi connectivity index (χ2v) is 14.3. The zero-order chi connectivity index (χ0) is 33.2. The van der Waals surface area contributed by atoms with Crippen LogP contribution in [0.15, 0.2) is 90.5 Å². The Bertz CT molecular complexity index is 1820. The lowest BCUT2D eigenvalue weighted by molar-refractivity contribution is -0.145. The summed E-state index contributed by atoms with van der Waals surface area (Å²) in [5, 5.41) is 10.1. The topological polar surface area (TPSA) is 104 Å². The number of allylic oxidation sites excluding steroid dienone is 2. The summed E-state index contributed by atoms with van der Waals surface area (Å²) in [6.07, 6.45) is 2.60. The van der Waals surface area contributed by atoms with Gasteiger partial charge in [-0.15, -0.1) is 0 Å². The van der Waals surface area contributed by atoms with Crippen molar-refractivity contribution in [2.24, 2.45) is 23.7 Å². The fourth-order valence-electron chi connectivity index (χ4n) is 8.76. The van der Waals surface area contributed by atoms with Crippen LogP contribution in [-0.2, 0) is 24.6 Å². The van der Waals surface area contributed by atoms with E-state index in [0.717, 1.165) is 5.57 Å². The molecule has 1 saturated carbocycles. The summed E-state index contributed by atoms with van der Waals surface area (Å²) in [7, 11) is 0. The molecule has 0 bridgehead atoms. The Hall–Kier alpha value is -4.27. The molecule has 3 aromatic rings.